The Morgan fingerprint density at radius 2 is 0.870 bits per heavy atom. The average molecular weight is 1440 g/mol. The second-order valence-corrected chi connectivity index (χ2v) is 21.3. The highest BCUT2D eigenvalue weighted by Crippen LogP contribution is 2.27. The summed E-state index contributed by atoms with van der Waals surface area (Å²) in [5.74, 6) is -6.28. The van der Waals surface area contributed by atoms with E-state index in [1.807, 2.05) is 5.32 Å². The number of rotatable bonds is 10. The van der Waals surface area contributed by atoms with Crippen LogP contribution in [0.4, 0.5) is 36.8 Å². The summed E-state index contributed by atoms with van der Waals surface area (Å²) in [4.78, 5) is 82.7. The third-order valence-corrected chi connectivity index (χ3v) is 12.9. The Balaban J connectivity index is 0.000000251. The first kappa shape index (κ1) is 81.1. The average Bonchev–Trinajstić information content (AvgIpc) is 0.680. The van der Waals surface area contributed by atoms with Crippen molar-refractivity contribution in [3.63, 3.8) is 0 Å². The summed E-state index contributed by atoms with van der Waals surface area (Å²) in [6.45, 7) is 4.97. The van der Waals surface area contributed by atoms with Crippen molar-refractivity contribution < 1.29 is 98.7 Å². The number of halogens is 9. The molecule has 10 rings (SSSR count). The molecular weight excluding hydrogens is 1380 g/mol. The summed E-state index contributed by atoms with van der Waals surface area (Å²) in [6, 6.07) is 40.4. The molecule has 0 bridgehead atoms. The van der Waals surface area contributed by atoms with Gasteiger partial charge in [-0.25, -0.2) is 70.1 Å². The van der Waals surface area contributed by atoms with Crippen molar-refractivity contribution in [3.05, 3.63) is 284 Å². The smallest absolute Gasteiger partial charge is 0.488 e. The van der Waals surface area contributed by atoms with Crippen molar-refractivity contribution in [2.75, 3.05) is 33.8 Å². The SMILES string of the molecule is CC(C)(C)OC(=O)Nc1c(F)cccc1F.COC(=O)c1ccc(Cl)nc1-c1ccc(F)cc1.COC(=O)c1ccc[n+]([O-])c1-c1ccc(F)cc1.COC(=O)c1cccnc1-c1ccc(F)cc1.COC(=O)c1cccnc1Cl.O=C(O)c1cccnc1Cl.OB(O)c1ccc(F)cc1. The van der Waals surface area contributed by atoms with E-state index in [4.69, 9.17) is 54.7 Å². The predicted molar refractivity (Wildman–Crippen MR) is 358 cm³/mol. The summed E-state index contributed by atoms with van der Waals surface area (Å²) in [6.07, 6.45) is 4.90. The van der Waals surface area contributed by atoms with Crippen LogP contribution in [0.25, 0.3) is 33.8 Å². The van der Waals surface area contributed by atoms with Crippen LogP contribution < -0.4 is 15.5 Å². The van der Waals surface area contributed by atoms with E-state index in [2.05, 4.69) is 38.9 Å². The van der Waals surface area contributed by atoms with E-state index in [1.54, 1.807) is 63.4 Å². The summed E-state index contributed by atoms with van der Waals surface area (Å²) in [7, 11) is 3.61. The number of aromatic nitrogens is 5. The van der Waals surface area contributed by atoms with Gasteiger partial charge in [-0.05, 0) is 178 Å². The van der Waals surface area contributed by atoms with Crippen LogP contribution in [-0.4, -0.2) is 112 Å². The second kappa shape index (κ2) is 40.4. The Labute approximate surface area is 582 Å². The van der Waals surface area contributed by atoms with Crippen LogP contribution in [-0.2, 0) is 23.7 Å². The zero-order chi connectivity index (χ0) is 74.2. The van der Waals surface area contributed by atoms with Crippen molar-refractivity contribution in [1.82, 2.24) is 19.9 Å². The number of methoxy groups -OCH3 is 4. The molecule has 21 nitrogen and oxygen atoms in total. The van der Waals surface area contributed by atoms with Gasteiger partial charge in [-0.3, -0.25) is 10.3 Å². The molecule has 1 amide bonds. The minimum absolute atomic E-state index is 0.0231. The highest BCUT2D eigenvalue weighted by atomic mass is 35.5. The highest BCUT2D eigenvalue weighted by Gasteiger charge is 2.23. The molecule has 0 atom stereocenters. The van der Waals surface area contributed by atoms with Gasteiger partial charge in [-0.2, -0.15) is 4.73 Å². The van der Waals surface area contributed by atoms with Crippen molar-refractivity contribution >= 4 is 89.0 Å². The molecule has 100 heavy (non-hydrogen) atoms. The number of hydrogen-bond donors (Lipinski definition) is 4. The maximum Gasteiger partial charge on any atom is 0.488 e. The Morgan fingerprint density at radius 1 is 0.480 bits per heavy atom. The lowest BCUT2D eigenvalue weighted by molar-refractivity contribution is -0.593. The molecule has 0 fully saturated rings. The third kappa shape index (κ3) is 26.3. The van der Waals surface area contributed by atoms with Gasteiger partial charge in [-0.15, -0.1) is 0 Å². The highest BCUT2D eigenvalue weighted by molar-refractivity contribution is 6.58. The second-order valence-electron chi connectivity index (χ2n) is 20.2. The lowest BCUT2D eigenvalue weighted by Crippen LogP contribution is -2.31. The summed E-state index contributed by atoms with van der Waals surface area (Å²) in [5, 5.41) is 39.8. The number of carboxylic acids is 1. The zero-order valence-electron chi connectivity index (χ0n) is 53.5. The molecule has 10 aromatic rings. The summed E-state index contributed by atoms with van der Waals surface area (Å²) >= 11 is 16.8. The first-order valence-corrected chi connectivity index (χ1v) is 29.5. The third-order valence-electron chi connectivity index (χ3n) is 12.1. The van der Waals surface area contributed by atoms with Crippen molar-refractivity contribution in [3.8, 4) is 33.8 Å². The zero-order valence-corrected chi connectivity index (χ0v) is 55.8. The van der Waals surface area contributed by atoms with Crippen LogP contribution in [0.15, 0.2) is 201 Å². The predicted octanol–water partition coefficient (Wildman–Crippen LogP) is 13.7. The minimum atomic E-state index is -1.51. The number of nitrogens with one attached hydrogen (secondary N) is 1. The fraction of sp³-hybridized carbons (Fsp3) is 0.116. The first-order valence-electron chi connectivity index (χ1n) is 28.4. The molecule has 5 aromatic heterocycles. The van der Waals surface area contributed by atoms with Gasteiger partial charge in [0.15, 0.2) is 6.20 Å². The van der Waals surface area contributed by atoms with E-state index in [9.17, 15) is 60.3 Å². The number of pyridine rings is 5. The number of para-hydroxylation sites is 1. The van der Waals surface area contributed by atoms with Crippen LogP contribution in [0.5, 0.6) is 0 Å². The molecule has 4 N–H and O–H groups in total. The van der Waals surface area contributed by atoms with Gasteiger partial charge in [0, 0.05) is 41.3 Å². The fourth-order valence-corrected chi connectivity index (χ4v) is 8.11. The van der Waals surface area contributed by atoms with Crippen LogP contribution in [0.3, 0.4) is 0 Å². The maximum absolute atomic E-state index is 13.1. The van der Waals surface area contributed by atoms with Gasteiger partial charge in [0.2, 0.25) is 5.69 Å². The van der Waals surface area contributed by atoms with Gasteiger partial charge >= 0.3 is 43.1 Å². The number of carboxylic acid groups (broad SMARTS) is 1. The van der Waals surface area contributed by atoms with E-state index in [1.165, 1.54) is 174 Å². The lowest BCUT2D eigenvalue weighted by Gasteiger charge is -2.19. The number of esters is 4. The summed E-state index contributed by atoms with van der Waals surface area (Å²) < 4.78 is 101. The number of anilines is 1. The Kier molecular flexibility index (Phi) is 32.8. The van der Waals surface area contributed by atoms with E-state index < -0.39 is 71.8 Å². The standard InChI is InChI=1S/C13H9ClFNO2.C13H10FNO3.C13H10FNO2.C11H13F2NO2.C7H6ClNO2.C6H6BFO2.C6H4ClNO2/c1-18-13(17)10-6-7-11(14)16-12(10)8-2-4-9(15)5-3-8;1-18-13(16)11-3-2-8-15(17)12(11)9-4-6-10(14)7-5-9;1-17-13(16)11-3-2-8-15-12(11)9-4-6-10(14)7-5-9;1-11(2,3)16-10(15)14-9-7(12)5-4-6-8(9)13;1-11-7(10)5-3-2-4-9-6(5)8;8-6-3-1-5(2-4-6)7(9)10;7-5-4(6(9)10)2-1-3-8-5/h2-7H,1H3;2-8H,1H3;2-8H,1H3;4-6H,1-3H3,(H,14,15);2-4H,1H3;1-4,9-10H;1-3H,(H,9,10). The molecule has 0 radical (unpaired) electrons. The number of aromatic carboxylic acids is 1. The molecule has 5 heterocycles. The van der Waals surface area contributed by atoms with Crippen molar-refractivity contribution in [2.24, 2.45) is 0 Å². The van der Waals surface area contributed by atoms with Crippen LogP contribution >= 0.6 is 34.8 Å². The molecule has 0 unspecified atom stereocenters. The molecule has 0 aliphatic heterocycles. The normalized spacial score (nSPS) is 10.0. The largest absolute Gasteiger partial charge is 0.618 e. The quantitative estimate of drug-likeness (QED) is 0.0188. The Hall–Kier alpha value is -11.3. The molecule has 0 spiro atoms. The van der Waals surface area contributed by atoms with E-state index in [0.717, 1.165) is 12.1 Å². The number of carbonyl (C=O) groups is 6. The molecule has 0 saturated heterocycles. The first-order chi connectivity index (χ1) is 47.4. The molecule has 0 aliphatic carbocycles. The van der Waals surface area contributed by atoms with Gasteiger partial charge in [0.1, 0.15) is 67.2 Å². The number of hydrogen-bond acceptors (Lipinski definition) is 18. The minimum Gasteiger partial charge on any atom is -0.618 e. The molecular formula is C69H58BCl3F6N6O15. The van der Waals surface area contributed by atoms with Crippen LogP contribution in [0, 0.1) is 40.1 Å². The Morgan fingerprint density at radius 3 is 1.30 bits per heavy atom. The van der Waals surface area contributed by atoms with Gasteiger partial charge in [0.25, 0.3) is 0 Å². The molecule has 31 heteroatoms. The Bertz CT molecular complexity index is 4360. The van der Waals surface area contributed by atoms with Gasteiger partial charge < -0.3 is 44.0 Å². The van der Waals surface area contributed by atoms with Crippen LogP contribution in [0.1, 0.15) is 72.6 Å². The maximum atomic E-state index is 13.1. The number of carbonyl (C=O) groups excluding carboxylic acids is 5. The summed E-state index contributed by atoms with van der Waals surface area (Å²) in [5.41, 5.74) is 2.90. The number of benzene rings is 5. The monoisotopic (exact) mass is 1440 g/mol. The van der Waals surface area contributed by atoms with E-state index in [0.29, 0.717) is 43.8 Å². The molecule has 5 aromatic carbocycles. The number of amides is 1. The molecule has 520 valence electrons. The molecule has 0 aliphatic rings. The fourth-order valence-electron chi connectivity index (χ4n) is 7.56. The van der Waals surface area contributed by atoms with Crippen molar-refractivity contribution in [1.29, 1.82) is 0 Å². The molecule has 0 saturated carbocycles. The van der Waals surface area contributed by atoms with Crippen molar-refractivity contribution in [2.45, 2.75) is 26.4 Å². The van der Waals surface area contributed by atoms with Crippen LogP contribution in [0.2, 0.25) is 15.5 Å². The van der Waals surface area contributed by atoms with Gasteiger partial charge in [-0.1, -0.05) is 53.0 Å². The number of nitrogens with zero attached hydrogens (tertiary/aromatic N) is 5. The number of ether oxygens (including phenoxy) is 5. The topological polar surface area (TPSA) is 300 Å². The van der Waals surface area contributed by atoms with E-state index >= 15 is 0 Å². The van der Waals surface area contributed by atoms with Gasteiger partial charge in [0.05, 0.1) is 62.1 Å². The lowest BCUT2D eigenvalue weighted by atomic mass is 9.80. The van der Waals surface area contributed by atoms with E-state index in [-0.39, 0.29) is 60.9 Å².